The summed E-state index contributed by atoms with van der Waals surface area (Å²) in [5.74, 6) is -0.601. The molecule has 1 amide bonds. The summed E-state index contributed by atoms with van der Waals surface area (Å²) in [6, 6.07) is 0. The first kappa shape index (κ1) is 20.5. The number of ketones is 1. The van der Waals surface area contributed by atoms with Crippen LogP contribution in [0.4, 0.5) is 5.69 Å². The Labute approximate surface area is 157 Å². The van der Waals surface area contributed by atoms with E-state index in [1.807, 2.05) is 12.3 Å². The fraction of sp³-hybridized carbons (Fsp3) is 0.611. The average molecular weight is 383 g/mol. The van der Waals surface area contributed by atoms with E-state index in [1.165, 1.54) is 18.4 Å². The number of nitrogens with zero attached hydrogens (tertiary/aromatic N) is 1. The molecule has 26 heavy (non-hydrogen) atoms. The smallest absolute Gasteiger partial charge is 0.350 e. The van der Waals surface area contributed by atoms with Gasteiger partial charge in [0.25, 0.3) is 5.91 Å². The zero-order chi connectivity index (χ0) is 19.3. The van der Waals surface area contributed by atoms with Gasteiger partial charge in [-0.25, -0.2) is 4.79 Å². The monoisotopic (exact) mass is 383 g/mol. The lowest BCUT2D eigenvalue weighted by Crippen LogP contribution is -2.59. The summed E-state index contributed by atoms with van der Waals surface area (Å²) >= 11 is 1.24. The molecule has 0 unspecified atom stereocenters. The summed E-state index contributed by atoms with van der Waals surface area (Å²) in [5.41, 5.74) is 1.32. The van der Waals surface area contributed by atoms with Crippen molar-refractivity contribution in [2.45, 2.75) is 32.8 Å². The highest BCUT2D eigenvalue weighted by atomic mass is 32.1. The van der Waals surface area contributed by atoms with E-state index in [9.17, 15) is 14.4 Å². The number of esters is 1. The van der Waals surface area contributed by atoms with Crippen molar-refractivity contribution in [1.29, 1.82) is 0 Å². The number of quaternary nitrogens is 1. The van der Waals surface area contributed by atoms with Crippen molar-refractivity contribution >= 4 is 34.7 Å². The number of rotatable bonds is 7. The van der Waals surface area contributed by atoms with Crippen LogP contribution < -0.4 is 5.32 Å². The van der Waals surface area contributed by atoms with E-state index >= 15 is 0 Å². The summed E-state index contributed by atoms with van der Waals surface area (Å²) < 4.78 is 10.6. The third-order valence-electron chi connectivity index (χ3n) is 4.83. The number of hydrogen-bond acceptors (Lipinski definition) is 6. The largest absolute Gasteiger partial charge is 0.465 e. The molecule has 0 saturated carbocycles. The van der Waals surface area contributed by atoms with Gasteiger partial charge in [-0.1, -0.05) is 0 Å². The molecular weight excluding hydrogens is 356 g/mol. The van der Waals surface area contributed by atoms with E-state index in [2.05, 4.69) is 5.32 Å². The molecule has 0 bridgehead atoms. The summed E-state index contributed by atoms with van der Waals surface area (Å²) in [6.45, 7) is 5.36. The van der Waals surface area contributed by atoms with E-state index in [4.69, 9.17) is 9.47 Å². The molecule has 1 N–H and O–H groups in total. The van der Waals surface area contributed by atoms with Crippen molar-refractivity contribution in [2.75, 3.05) is 45.7 Å². The number of thiophene rings is 1. The van der Waals surface area contributed by atoms with E-state index in [1.54, 1.807) is 14.0 Å². The Hall–Kier alpha value is -1.77. The average Bonchev–Trinajstić information content (AvgIpc) is 2.94. The number of nitrogens with one attached hydrogen (secondary N) is 1. The highest BCUT2D eigenvalue weighted by molar-refractivity contribution is 7.12. The number of carbonyl (C=O) groups is 3. The molecule has 1 aliphatic heterocycles. The van der Waals surface area contributed by atoms with E-state index in [0.29, 0.717) is 21.6 Å². The maximum Gasteiger partial charge on any atom is 0.350 e. The van der Waals surface area contributed by atoms with Crippen LogP contribution in [0, 0.1) is 6.92 Å². The van der Waals surface area contributed by atoms with E-state index < -0.39 is 5.97 Å². The van der Waals surface area contributed by atoms with E-state index in [-0.39, 0.29) is 24.3 Å². The number of methoxy groups -OCH3 is 2. The first-order chi connectivity index (χ1) is 12.3. The van der Waals surface area contributed by atoms with E-state index in [0.717, 1.165) is 31.5 Å². The molecule has 1 aromatic rings. The Kier molecular flexibility index (Phi) is 6.91. The molecule has 1 fully saturated rings. The number of Topliss-reactive ketones (excluding diaryl/α,β-unsaturated/α-hetero) is 1. The van der Waals surface area contributed by atoms with Crippen LogP contribution in [0.15, 0.2) is 5.38 Å². The maximum absolute atomic E-state index is 12.7. The van der Waals surface area contributed by atoms with Crippen LogP contribution >= 0.6 is 11.3 Å². The molecule has 2 rings (SSSR count). The number of hydrogen-bond donors (Lipinski definition) is 1. The summed E-state index contributed by atoms with van der Waals surface area (Å²) in [4.78, 5) is 36.7. The lowest BCUT2D eigenvalue weighted by Gasteiger charge is -2.42. The predicted molar refractivity (Wildman–Crippen MR) is 99.5 cm³/mol. The zero-order valence-corrected chi connectivity index (χ0v) is 16.6. The topological polar surface area (TPSA) is 81.7 Å². The second kappa shape index (κ2) is 8.75. The third-order valence-corrected chi connectivity index (χ3v) is 5.91. The lowest BCUT2D eigenvalue weighted by atomic mass is 10.0. The molecule has 0 aromatic carbocycles. The highest BCUT2D eigenvalue weighted by Crippen LogP contribution is 2.29. The Morgan fingerprint density at radius 1 is 1.23 bits per heavy atom. The number of carbonyl (C=O) groups excluding carboxylic acids is 3. The van der Waals surface area contributed by atoms with Crippen LogP contribution in [0.2, 0.25) is 0 Å². The molecule has 0 aliphatic carbocycles. The number of likely N-dealkylation sites (tertiary alicyclic amines) is 1. The van der Waals surface area contributed by atoms with Gasteiger partial charge >= 0.3 is 5.97 Å². The third kappa shape index (κ3) is 4.90. The molecule has 0 spiro atoms. The van der Waals surface area contributed by atoms with Gasteiger partial charge in [0.2, 0.25) is 0 Å². The van der Waals surface area contributed by atoms with Crippen LogP contribution in [-0.2, 0) is 19.1 Å². The van der Waals surface area contributed by atoms with Crippen LogP contribution in [0.1, 0.15) is 35.0 Å². The van der Waals surface area contributed by atoms with Gasteiger partial charge in [0, 0.05) is 26.9 Å². The van der Waals surface area contributed by atoms with Gasteiger partial charge in [0.05, 0.1) is 32.0 Å². The minimum absolute atomic E-state index is 0.0654. The van der Waals surface area contributed by atoms with Gasteiger partial charge in [-0.3, -0.25) is 9.59 Å². The fourth-order valence-corrected chi connectivity index (χ4v) is 4.42. The van der Waals surface area contributed by atoms with Gasteiger partial charge in [-0.05, 0) is 17.9 Å². The first-order valence-corrected chi connectivity index (χ1v) is 9.52. The molecule has 8 heteroatoms. The summed E-state index contributed by atoms with van der Waals surface area (Å²) in [6.07, 6.45) is 1.82. The van der Waals surface area contributed by atoms with Crippen molar-refractivity contribution in [2.24, 2.45) is 0 Å². The van der Waals surface area contributed by atoms with Gasteiger partial charge in [-0.2, -0.15) is 0 Å². The van der Waals surface area contributed by atoms with Crippen LogP contribution in [0.25, 0.3) is 0 Å². The summed E-state index contributed by atoms with van der Waals surface area (Å²) in [5, 5.41) is 4.67. The second-order valence-electron chi connectivity index (χ2n) is 6.90. The Morgan fingerprint density at radius 3 is 2.42 bits per heavy atom. The van der Waals surface area contributed by atoms with Crippen LogP contribution in [0.5, 0.6) is 0 Å². The number of ether oxygens (including phenoxy) is 2. The standard InChI is InChI=1S/C18H26N2O5S/c1-12-11-26-17(18(23)25-4)16(12)19-15(22)10-20(9-13(2)21)7-5-14(24-3)6-8-20/h11,14H,5-10H2,1-4H3/p+1. The maximum atomic E-state index is 12.7. The Balaban J connectivity index is 2.12. The van der Waals surface area contributed by atoms with Crippen molar-refractivity contribution in [3.05, 3.63) is 15.8 Å². The van der Waals surface area contributed by atoms with Gasteiger partial charge in [0.1, 0.15) is 11.4 Å². The minimum Gasteiger partial charge on any atom is -0.465 e. The van der Waals surface area contributed by atoms with Gasteiger partial charge in [-0.15, -0.1) is 11.3 Å². The second-order valence-corrected chi connectivity index (χ2v) is 7.78. The number of anilines is 1. The summed E-state index contributed by atoms with van der Waals surface area (Å²) in [7, 11) is 3.01. The molecule has 1 aliphatic rings. The first-order valence-electron chi connectivity index (χ1n) is 8.64. The molecule has 2 heterocycles. The molecule has 1 saturated heterocycles. The quantitative estimate of drug-likeness (QED) is 0.575. The fourth-order valence-electron chi connectivity index (χ4n) is 3.50. The molecule has 144 valence electrons. The normalized spacial score (nSPS) is 22.7. The van der Waals surface area contributed by atoms with Crippen molar-refractivity contribution in [3.63, 3.8) is 0 Å². The number of aryl methyl sites for hydroxylation is 1. The van der Waals surface area contributed by atoms with Crippen molar-refractivity contribution in [3.8, 4) is 0 Å². The van der Waals surface area contributed by atoms with Crippen molar-refractivity contribution in [1.82, 2.24) is 0 Å². The Morgan fingerprint density at radius 2 is 1.88 bits per heavy atom. The lowest BCUT2D eigenvalue weighted by molar-refractivity contribution is -0.918. The predicted octanol–water partition coefficient (Wildman–Crippen LogP) is 2.00. The Bertz CT molecular complexity index is 677. The molecule has 0 atom stereocenters. The number of amides is 1. The minimum atomic E-state index is -0.466. The molecular formula is C18H27N2O5S+. The zero-order valence-electron chi connectivity index (χ0n) is 15.8. The molecule has 7 nitrogen and oxygen atoms in total. The van der Waals surface area contributed by atoms with Crippen LogP contribution in [0.3, 0.4) is 0 Å². The van der Waals surface area contributed by atoms with Gasteiger partial charge < -0.3 is 19.3 Å². The molecule has 1 aromatic heterocycles. The highest BCUT2D eigenvalue weighted by Gasteiger charge is 2.37. The SMILES string of the molecule is COC(=O)c1scc(C)c1NC(=O)C[N+]1(CC(C)=O)CCC(OC)CC1. The van der Waals surface area contributed by atoms with Gasteiger partial charge in [0.15, 0.2) is 12.3 Å². The van der Waals surface area contributed by atoms with Crippen molar-refractivity contribution < 1.29 is 28.3 Å². The molecule has 0 radical (unpaired) electrons. The number of piperidine rings is 1. The van der Waals surface area contributed by atoms with Crippen LogP contribution in [-0.4, -0.2) is 68.6 Å².